The van der Waals surface area contributed by atoms with Gasteiger partial charge in [0, 0.05) is 10.9 Å². The quantitative estimate of drug-likeness (QED) is 0.718. The third-order valence-electron chi connectivity index (χ3n) is 4.20. The number of methoxy groups -OCH3 is 3. The molecular formula is C20H18N2O3. The van der Waals surface area contributed by atoms with Crippen LogP contribution in [0.4, 0.5) is 0 Å². The first-order chi connectivity index (χ1) is 12.1. The first-order valence-electron chi connectivity index (χ1n) is 7.74. The number of para-hydroxylation sites is 1. The number of aromatic nitrogens is 1. The van der Waals surface area contributed by atoms with E-state index in [9.17, 15) is 5.26 Å². The second kappa shape index (κ2) is 6.70. The van der Waals surface area contributed by atoms with Crippen LogP contribution in [0, 0.1) is 18.3 Å². The van der Waals surface area contributed by atoms with Gasteiger partial charge in [0.25, 0.3) is 0 Å². The number of ether oxygens (including phenoxy) is 3. The number of aryl methyl sites for hydroxylation is 1. The topological polar surface area (TPSA) is 64.4 Å². The summed E-state index contributed by atoms with van der Waals surface area (Å²) in [6.07, 6.45) is 0. The van der Waals surface area contributed by atoms with Crippen molar-refractivity contribution in [1.29, 1.82) is 5.26 Å². The molecule has 5 nitrogen and oxygen atoms in total. The number of hydrogen-bond acceptors (Lipinski definition) is 5. The second-order valence-electron chi connectivity index (χ2n) is 5.50. The summed E-state index contributed by atoms with van der Waals surface area (Å²) in [5, 5.41) is 10.7. The molecule has 0 fully saturated rings. The molecule has 0 saturated heterocycles. The average molecular weight is 334 g/mol. The Balaban J connectivity index is 2.35. The molecule has 0 N–H and O–H groups in total. The summed E-state index contributed by atoms with van der Waals surface area (Å²) in [7, 11) is 4.68. The molecular weight excluding hydrogens is 316 g/mol. The molecule has 5 heteroatoms. The Morgan fingerprint density at radius 1 is 0.960 bits per heavy atom. The molecule has 3 aromatic rings. The van der Waals surface area contributed by atoms with E-state index in [0.717, 1.165) is 22.0 Å². The summed E-state index contributed by atoms with van der Waals surface area (Å²) in [6.45, 7) is 1.93. The minimum atomic E-state index is 0.504. The fraction of sp³-hybridized carbons (Fsp3) is 0.200. The maximum absolute atomic E-state index is 9.70. The van der Waals surface area contributed by atoms with Crippen molar-refractivity contribution in [1.82, 2.24) is 4.98 Å². The summed E-state index contributed by atoms with van der Waals surface area (Å²) in [5.41, 5.74) is 3.60. The van der Waals surface area contributed by atoms with E-state index in [1.807, 2.05) is 31.2 Å². The molecule has 3 rings (SSSR count). The van der Waals surface area contributed by atoms with Crippen molar-refractivity contribution in [3.05, 3.63) is 47.5 Å². The number of hydrogen-bond donors (Lipinski definition) is 0. The lowest BCUT2D eigenvalue weighted by Gasteiger charge is -2.15. The molecule has 2 aromatic carbocycles. The molecule has 126 valence electrons. The minimum absolute atomic E-state index is 0.504. The molecule has 0 radical (unpaired) electrons. The molecule has 0 unspecified atom stereocenters. The largest absolute Gasteiger partial charge is 0.493 e. The Morgan fingerprint density at radius 2 is 1.60 bits per heavy atom. The van der Waals surface area contributed by atoms with Crippen LogP contribution in [-0.4, -0.2) is 26.3 Å². The van der Waals surface area contributed by atoms with E-state index in [1.165, 1.54) is 0 Å². The Labute approximate surface area is 146 Å². The molecule has 1 heterocycles. The highest BCUT2D eigenvalue weighted by Gasteiger charge is 2.19. The third kappa shape index (κ3) is 2.72. The van der Waals surface area contributed by atoms with E-state index in [-0.39, 0.29) is 0 Å². The lowest BCUT2D eigenvalue weighted by atomic mass is 9.98. The highest BCUT2D eigenvalue weighted by Crippen LogP contribution is 2.42. The van der Waals surface area contributed by atoms with E-state index in [4.69, 9.17) is 19.2 Å². The highest BCUT2D eigenvalue weighted by atomic mass is 16.5. The molecule has 0 spiro atoms. The van der Waals surface area contributed by atoms with Gasteiger partial charge in [-0.15, -0.1) is 0 Å². The molecule has 0 saturated carbocycles. The van der Waals surface area contributed by atoms with Crippen molar-refractivity contribution < 1.29 is 14.2 Å². The Kier molecular flexibility index (Phi) is 4.44. The summed E-state index contributed by atoms with van der Waals surface area (Å²) in [4.78, 5) is 4.71. The molecule has 0 amide bonds. The second-order valence-corrected chi connectivity index (χ2v) is 5.50. The monoisotopic (exact) mass is 334 g/mol. The zero-order valence-electron chi connectivity index (χ0n) is 14.6. The Bertz CT molecular complexity index is 965. The summed E-state index contributed by atoms with van der Waals surface area (Å²) in [6, 6.07) is 13.7. The van der Waals surface area contributed by atoms with Crippen LogP contribution in [0.2, 0.25) is 0 Å². The Morgan fingerprint density at radius 3 is 2.16 bits per heavy atom. The zero-order chi connectivity index (χ0) is 18.0. The van der Waals surface area contributed by atoms with E-state index in [0.29, 0.717) is 28.5 Å². The normalized spacial score (nSPS) is 10.4. The number of nitrogens with zero attached hydrogens (tertiary/aromatic N) is 2. The van der Waals surface area contributed by atoms with Gasteiger partial charge in [-0.2, -0.15) is 5.26 Å². The van der Waals surface area contributed by atoms with E-state index >= 15 is 0 Å². The molecule has 0 bridgehead atoms. The summed E-state index contributed by atoms with van der Waals surface area (Å²) < 4.78 is 16.2. The number of rotatable bonds is 4. The molecule has 1 aromatic heterocycles. The van der Waals surface area contributed by atoms with Crippen LogP contribution in [0.3, 0.4) is 0 Å². The van der Waals surface area contributed by atoms with Crippen LogP contribution in [0.15, 0.2) is 36.4 Å². The third-order valence-corrected chi connectivity index (χ3v) is 4.20. The van der Waals surface area contributed by atoms with E-state index in [1.54, 1.807) is 33.5 Å². The van der Waals surface area contributed by atoms with E-state index in [2.05, 4.69) is 6.07 Å². The van der Waals surface area contributed by atoms with Gasteiger partial charge in [0.1, 0.15) is 6.07 Å². The first-order valence-corrected chi connectivity index (χ1v) is 7.74. The lowest BCUT2D eigenvalue weighted by Crippen LogP contribution is -1.99. The summed E-state index contributed by atoms with van der Waals surface area (Å²) in [5.74, 6) is 1.55. The van der Waals surface area contributed by atoms with Crippen LogP contribution in [0.1, 0.15) is 11.1 Å². The Hall–Kier alpha value is -3.26. The molecule has 0 atom stereocenters. The van der Waals surface area contributed by atoms with Crippen LogP contribution >= 0.6 is 0 Å². The molecule has 0 aliphatic heterocycles. The predicted molar refractivity (Wildman–Crippen MR) is 96.3 cm³/mol. The van der Waals surface area contributed by atoms with Gasteiger partial charge in [-0.05, 0) is 30.7 Å². The molecule has 25 heavy (non-hydrogen) atoms. The van der Waals surface area contributed by atoms with Gasteiger partial charge in [-0.3, -0.25) is 0 Å². The van der Waals surface area contributed by atoms with E-state index < -0.39 is 0 Å². The maximum Gasteiger partial charge on any atom is 0.203 e. The smallest absolute Gasteiger partial charge is 0.203 e. The van der Waals surface area contributed by atoms with Crippen molar-refractivity contribution in [3.8, 4) is 34.6 Å². The van der Waals surface area contributed by atoms with Crippen LogP contribution in [-0.2, 0) is 0 Å². The SMILES string of the molecule is COc1cc(-c2nc3ccccc3c(C)c2C#N)cc(OC)c1OC. The van der Waals surface area contributed by atoms with Crippen LogP contribution < -0.4 is 14.2 Å². The van der Waals surface area contributed by atoms with Gasteiger partial charge in [0.05, 0.1) is 38.1 Å². The zero-order valence-corrected chi connectivity index (χ0v) is 14.6. The standard InChI is InChI=1S/C20H18N2O3/c1-12-14-7-5-6-8-16(14)22-19(15(12)11-21)13-9-17(23-2)20(25-4)18(10-13)24-3/h5-10H,1-4H3. The molecule has 0 aliphatic carbocycles. The highest BCUT2D eigenvalue weighted by molar-refractivity contribution is 5.89. The van der Waals surface area contributed by atoms with Crippen molar-refractivity contribution in [3.63, 3.8) is 0 Å². The van der Waals surface area contributed by atoms with Gasteiger partial charge in [0.2, 0.25) is 5.75 Å². The van der Waals surface area contributed by atoms with Gasteiger partial charge < -0.3 is 14.2 Å². The van der Waals surface area contributed by atoms with Gasteiger partial charge in [0.15, 0.2) is 11.5 Å². The van der Waals surface area contributed by atoms with Crippen molar-refractivity contribution in [2.24, 2.45) is 0 Å². The van der Waals surface area contributed by atoms with Gasteiger partial charge in [-0.25, -0.2) is 4.98 Å². The fourth-order valence-electron chi connectivity index (χ4n) is 2.94. The van der Waals surface area contributed by atoms with Crippen molar-refractivity contribution in [2.45, 2.75) is 6.92 Å². The van der Waals surface area contributed by atoms with Crippen molar-refractivity contribution in [2.75, 3.05) is 21.3 Å². The number of fused-ring (bicyclic) bond motifs is 1. The number of benzene rings is 2. The van der Waals surface area contributed by atoms with Gasteiger partial charge >= 0.3 is 0 Å². The van der Waals surface area contributed by atoms with Crippen LogP contribution in [0.5, 0.6) is 17.2 Å². The predicted octanol–water partition coefficient (Wildman–Crippen LogP) is 4.11. The first kappa shape index (κ1) is 16.6. The summed E-state index contributed by atoms with van der Waals surface area (Å²) >= 11 is 0. The van der Waals surface area contributed by atoms with Gasteiger partial charge in [-0.1, -0.05) is 18.2 Å². The maximum atomic E-state index is 9.70. The van der Waals surface area contributed by atoms with Crippen molar-refractivity contribution >= 4 is 10.9 Å². The lowest BCUT2D eigenvalue weighted by molar-refractivity contribution is 0.324. The minimum Gasteiger partial charge on any atom is -0.493 e. The van der Waals surface area contributed by atoms with Crippen LogP contribution in [0.25, 0.3) is 22.2 Å². The number of pyridine rings is 1. The fourth-order valence-corrected chi connectivity index (χ4v) is 2.94. The molecule has 0 aliphatic rings. The number of nitriles is 1. The average Bonchev–Trinajstić information content (AvgIpc) is 2.66.